The number of aromatic amines is 1. The lowest BCUT2D eigenvalue weighted by Crippen LogP contribution is -2.14. The van der Waals surface area contributed by atoms with Crippen LogP contribution in [0.3, 0.4) is 0 Å². The molecule has 0 atom stereocenters. The number of halogens is 6. The number of amides is 2. The molecule has 0 spiro atoms. The zero-order valence-corrected chi connectivity index (χ0v) is 47.4. The first-order valence-electron chi connectivity index (χ1n) is 24.4. The van der Waals surface area contributed by atoms with Crippen molar-refractivity contribution in [1.82, 2.24) is 10.3 Å². The molecule has 81 heavy (non-hydrogen) atoms. The highest BCUT2D eigenvalue weighted by Crippen LogP contribution is 2.41. The molecular formula is C60H45Cl6N3O12. The van der Waals surface area contributed by atoms with E-state index < -0.39 is 29.5 Å². The van der Waals surface area contributed by atoms with Crippen LogP contribution in [-0.2, 0) is 23.8 Å². The number of H-pyrrole nitrogens is 1. The van der Waals surface area contributed by atoms with Crippen LogP contribution in [0.5, 0.6) is 11.8 Å². The molecule has 10 rings (SSSR count). The molecule has 6 aromatic carbocycles. The van der Waals surface area contributed by atoms with Gasteiger partial charge in [-0.3, -0.25) is 14.4 Å². The standard InChI is InChI=1S/C20H15Cl2NO4.C18H9Cl2NO3.C13H12ClNO3.C9H9ClO2/c1-2-27-20(26)15-16(18(24)12-5-9-14(22)10-6-12)19(25)23-17(15)11-3-7-13(21)8-4-11;19-11-5-1-9(2-6-11)15-13-14(17(22)21-15)16(24-18(13)23)10-3-7-12(20)8-4-10;1-2-18-13(17)10-7-11(16)15-12(10)8-3-5-9(14)6-4-8;1-2-12-9(11)7-3-5-8(10)6-4-7/h3-10,23,25H,2H2,1H3;1-8,23H;3-6H,2,7H2,1H3,(H,15,16);3-6H,2H2,1H3. The summed E-state index contributed by atoms with van der Waals surface area (Å²) in [6.07, 6.45) is 0.0524. The van der Waals surface area contributed by atoms with Gasteiger partial charge in [-0.25, -0.2) is 19.4 Å². The van der Waals surface area contributed by atoms with Crippen LogP contribution in [0.2, 0.25) is 30.1 Å². The number of furan rings is 1. The number of benzene rings is 6. The Kier molecular flexibility index (Phi) is 20.8. The van der Waals surface area contributed by atoms with E-state index in [1.54, 1.807) is 154 Å². The first-order valence-corrected chi connectivity index (χ1v) is 26.7. The molecule has 2 amide bonds. The largest absolute Gasteiger partial charge is 0.494 e. The molecule has 0 unspecified atom stereocenters. The van der Waals surface area contributed by atoms with Crippen LogP contribution in [0.25, 0.3) is 28.3 Å². The van der Waals surface area contributed by atoms with Crippen LogP contribution in [-0.4, -0.2) is 76.2 Å². The van der Waals surface area contributed by atoms with Gasteiger partial charge in [0.2, 0.25) is 11.8 Å². The summed E-state index contributed by atoms with van der Waals surface area (Å²) in [5.41, 5.74) is 5.32. The minimum atomic E-state index is -0.712. The summed E-state index contributed by atoms with van der Waals surface area (Å²) < 4.78 is 20.3. The summed E-state index contributed by atoms with van der Waals surface area (Å²) in [5, 5.41) is 26.6. The van der Waals surface area contributed by atoms with Crippen LogP contribution in [0.1, 0.15) is 90.9 Å². The second-order valence-corrected chi connectivity index (χ2v) is 19.6. The molecule has 2 aliphatic rings. The first kappa shape index (κ1) is 60.5. The molecule has 0 saturated heterocycles. The summed E-state index contributed by atoms with van der Waals surface area (Å²) in [5.74, 6) is -3.14. The Morgan fingerprint density at radius 1 is 0.519 bits per heavy atom. The number of carbonyl (C=O) groups excluding carboxylic acids is 6. The monoisotopic (exact) mass is 1210 g/mol. The molecule has 2 aliphatic heterocycles. The van der Waals surface area contributed by atoms with Gasteiger partial charge in [0.1, 0.15) is 11.1 Å². The lowest BCUT2D eigenvalue weighted by Gasteiger charge is -2.07. The number of carbonyl (C=O) groups is 6. The molecule has 2 aromatic heterocycles. The molecule has 4 N–H and O–H groups in total. The van der Waals surface area contributed by atoms with Crippen molar-refractivity contribution in [3.05, 3.63) is 226 Å². The van der Waals surface area contributed by atoms with Crippen LogP contribution in [0.4, 0.5) is 0 Å². The number of aliphatic imine (C=N–C) groups is 1. The fraction of sp³-hybridized carbons (Fsp3) is 0.117. The average Bonchev–Trinajstić information content (AvgIpc) is 4.34. The van der Waals surface area contributed by atoms with Gasteiger partial charge in [0, 0.05) is 46.8 Å². The molecule has 4 heterocycles. The number of aromatic hydroxyl groups is 2. The van der Waals surface area contributed by atoms with Crippen molar-refractivity contribution >= 4 is 117 Å². The third-order valence-corrected chi connectivity index (χ3v) is 13.1. The van der Waals surface area contributed by atoms with Crippen molar-refractivity contribution in [2.45, 2.75) is 27.2 Å². The number of hydrogen-bond acceptors (Lipinski definition) is 12. The van der Waals surface area contributed by atoms with Crippen LogP contribution in [0.15, 0.2) is 161 Å². The number of aromatic nitrogens is 1. The third-order valence-electron chi connectivity index (χ3n) is 11.6. The van der Waals surface area contributed by atoms with E-state index in [-0.39, 0.29) is 71.2 Å². The second-order valence-electron chi connectivity index (χ2n) is 17.0. The van der Waals surface area contributed by atoms with Crippen molar-refractivity contribution in [2.75, 3.05) is 19.8 Å². The number of ether oxygens (including phenoxy) is 3. The summed E-state index contributed by atoms with van der Waals surface area (Å²) >= 11 is 35.0. The Balaban J connectivity index is 0.000000162. The Labute approximate surface area is 493 Å². The van der Waals surface area contributed by atoms with Crippen LogP contribution < -0.4 is 5.32 Å². The fourth-order valence-electron chi connectivity index (χ4n) is 7.94. The van der Waals surface area contributed by atoms with E-state index in [1.807, 2.05) is 0 Å². The number of rotatable bonds is 12. The van der Waals surface area contributed by atoms with Crippen LogP contribution >= 0.6 is 69.6 Å². The quantitative estimate of drug-likeness (QED) is 0.0509. The minimum Gasteiger partial charge on any atom is -0.494 e. The molecule has 0 bridgehead atoms. The normalized spacial score (nSPS) is 12.1. The van der Waals surface area contributed by atoms with Gasteiger partial charge in [-0.2, -0.15) is 0 Å². The summed E-state index contributed by atoms with van der Waals surface area (Å²) in [7, 11) is 0. The number of hydrogen-bond donors (Lipinski definition) is 4. The highest BCUT2D eigenvalue weighted by Gasteiger charge is 2.36. The summed E-state index contributed by atoms with van der Waals surface area (Å²) in [6, 6.07) is 40.0. The summed E-state index contributed by atoms with van der Waals surface area (Å²) in [6.45, 7) is 5.96. The maximum absolute atomic E-state index is 13.0. The smallest absolute Gasteiger partial charge is 0.341 e. The van der Waals surface area contributed by atoms with Gasteiger partial charge in [-0.15, -0.1) is 0 Å². The number of fused-ring (bicyclic) bond motifs is 1. The van der Waals surface area contributed by atoms with E-state index in [2.05, 4.69) is 15.3 Å². The Morgan fingerprint density at radius 2 is 0.938 bits per heavy atom. The molecule has 21 heteroatoms. The molecule has 15 nitrogen and oxygen atoms in total. The minimum absolute atomic E-state index is 0.0309. The van der Waals surface area contributed by atoms with Gasteiger partial charge in [-0.1, -0.05) is 106 Å². The maximum Gasteiger partial charge on any atom is 0.341 e. The second kappa shape index (κ2) is 27.8. The number of esters is 3. The van der Waals surface area contributed by atoms with Gasteiger partial charge in [0.05, 0.1) is 65.6 Å². The zero-order valence-electron chi connectivity index (χ0n) is 42.9. The van der Waals surface area contributed by atoms with Crippen molar-refractivity contribution < 1.29 is 57.6 Å². The van der Waals surface area contributed by atoms with E-state index >= 15 is 0 Å². The molecule has 0 aliphatic carbocycles. The Hall–Kier alpha value is -8.15. The van der Waals surface area contributed by atoms with Crippen molar-refractivity contribution in [1.29, 1.82) is 0 Å². The molecule has 0 saturated carbocycles. The van der Waals surface area contributed by atoms with E-state index in [4.69, 9.17) is 88.2 Å². The van der Waals surface area contributed by atoms with E-state index in [0.29, 0.717) is 81.5 Å². The SMILES string of the molecule is CCOC(=O)C1=C(c2ccc(Cl)cc2)NC(=O)C1.CCOC(=O)c1c(-c2ccc(Cl)cc2)[nH]c(O)c1C(=O)c1ccc(Cl)cc1.CCOC(=O)c1ccc(Cl)cc1.O=C1N=C(c2ccc(Cl)cc2)c2c(O)oc(-c3ccc(Cl)cc3)c21. The molecule has 0 fully saturated rings. The predicted octanol–water partition coefficient (Wildman–Crippen LogP) is 14.7. The highest BCUT2D eigenvalue weighted by atomic mass is 35.5. The number of nitrogens with zero attached hydrogens (tertiary/aromatic N) is 1. The third kappa shape index (κ3) is 15.0. The number of nitrogens with one attached hydrogen (secondary N) is 2. The molecule has 0 radical (unpaired) electrons. The van der Waals surface area contributed by atoms with Crippen LogP contribution in [0, 0.1) is 0 Å². The zero-order chi connectivity index (χ0) is 58.5. The van der Waals surface area contributed by atoms with Crippen molar-refractivity contribution in [3.63, 3.8) is 0 Å². The van der Waals surface area contributed by atoms with Gasteiger partial charge in [-0.05, 0) is 141 Å². The molecule has 8 aromatic rings. The Morgan fingerprint density at radius 3 is 1.43 bits per heavy atom. The van der Waals surface area contributed by atoms with Crippen molar-refractivity contribution in [3.8, 4) is 34.4 Å². The molecular weight excluding hydrogens is 1170 g/mol. The van der Waals surface area contributed by atoms with E-state index in [1.165, 1.54) is 12.1 Å². The topological polar surface area (TPSA) is 224 Å². The maximum atomic E-state index is 13.0. The van der Waals surface area contributed by atoms with Crippen molar-refractivity contribution in [2.24, 2.45) is 4.99 Å². The summed E-state index contributed by atoms with van der Waals surface area (Å²) in [4.78, 5) is 79.0. The fourth-order valence-corrected chi connectivity index (χ4v) is 8.69. The lowest BCUT2D eigenvalue weighted by molar-refractivity contribution is -0.139. The van der Waals surface area contributed by atoms with Gasteiger partial charge in [0.15, 0.2) is 11.5 Å². The lowest BCUT2D eigenvalue weighted by atomic mass is 9.98. The van der Waals surface area contributed by atoms with Gasteiger partial charge < -0.3 is 39.1 Å². The van der Waals surface area contributed by atoms with Gasteiger partial charge >= 0.3 is 17.9 Å². The average molecular weight is 1210 g/mol. The Bertz CT molecular complexity index is 3690. The van der Waals surface area contributed by atoms with E-state index in [9.17, 15) is 39.0 Å². The van der Waals surface area contributed by atoms with Gasteiger partial charge in [0.25, 0.3) is 11.9 Å². The number of ketones is 1. The van der Waals surface area contributed by atoms with E-state index in [0.717, 1.165) is 5.56 Å². The first-order chi connectivity index (χ1) is 38.8. The highest BCUT2D eigenvalue weighted by molar-refractivity contribution is 6.33. The predicted molar refractivity (Wildman–Crippen MR) is 311 cm³/mol. The molecule has 414 valence electrons.